The Morgan fingerprint density at radius 1 is 1.30 bits per heavy atom. The Bertz CT molecular complexity index is 773. The fraction of sp³-hybridized carbons (Fsp3) is 0.200. The van der Waals surface area contributed by atoms with Crippen LogP contribution in [0.4, 0.5) is 14.6 Å². The lowest BCUT2D eigenvalue weighted by Crippen LogP contribution is -2.33. The first-order valence-corrected chi connectivity index (χ1v) is 6.13. The highest BCUT2D eigenvalue weighted by Gasteiger charge is 2.15. The number of nitrogens with zero attached hydrogens (tertiary/aromatic N) is 3. The molecule has 20 heavy (non-hydrogen) atoms. The number of rotatable bonds is 3. The van der Waals surface area contributed by atoms with Gasteiger partial charge in [-0.15, -0.1) is 0 Å². The smallest absolute Gasteiger partial charge is 0.339 e. The van der Waals surface area contributed by atoms with Crippen molar-refractivity contribution in [3.8, 4) is 0 Å². The highest BCUT2D eigenvalue weighted by atomic mass is 32.2. The maximum Gasteiger partial charge on any atom is 0.339 e. The van der Waals surface area contributed by atoms with Gasteiger partial charge in [-0.1, -0.05) is 0 Å². The molecule has 0 unspecified atom stereocenters. The van der Waals surface area contributed by atoms with Gasteiger partial charge in [0, 0.05) is 20.2 Å². The molecule has 0 saturated heterocycles. The summed E-state index contributed by atoms with van der Waals surface area (Å²) in [5, 5.41) is 4.53. The van der Waals surface area contributed by atoms with Gasteiger partial charge in [0.05, 0.1) is 0 Å². The van der Waals surface area contributed by atoms with Crippen molar-refractivity contribution in [2.45, 2.75) is 10.2 Å². The molecule has 0 aromatic carbocycles. The van der Waals surface area contributed by atoms with Crippen molar-refractivity contribution >= 4 is 17.6 Å². The summed E-state index contributed by atoms with van der Waals surface area (Å²) in [6.07, 6.45) is 0. The Labute approximate surface area is 115 Å². The van der Waals surface area contributed by atoms with E-state index in [2.05, 4.69) is 20.4 Å². The second-order valence-electron chi connectivity index (χ2n) is 3.66. The van der Waals surface area contributed by atoms with E-state index in [1.54, 1.807) is 0 Å². The van der Waals surface area contributed by atoms with E-state index >= 15 is 0 Å². The summed E-state index contributed by atoms with van der Waals surface area (Å²) in [5.74, 6) is -1.87. The second-order valence-corrected chi connectivity index (χ2v) is 4.61. The lowest BCUT2D eigenvalue weighted by atomic mass is 10.4. The van der Waals surface area contributed by atoms with Crippen LogP contribution < -0.4 is 16.4 Å². The van der Waals surface area contributed by atoms with Crippen molar-refractivity contribution < 1.29 is 8.78 Å². The molecule has 2 heterocycles. The molecule has 0 radical (unpaired) electrons. The molecule has 0 atom stereocenters. The van der Waals surface area contributed by atoms with Gasteiger partial charge in [0.15, 0.2) is 22.6 Å². The third-order valence-electron chi connectivity index (χ3n) is 2.27. The van der Waals surface area contributed by atoms with Crippen LogP contribution >= 0.6 is 11.8 Å². The summed E-state index contributed by atoms with van der Waals surface area (Å²) >= 11 is 0.691. The predicted molar refractivity (Wildman–Crippen MR) is 67.9 cm³/mol. The Morgan fingerprint density at radius 3 is 2.65 bits per heavy atom. The summed E-state index contributed by atoms with van der Waals surface area (Å²) in [6.45, 7) is 0. The number of nitrogens with one attached hydrogen (secondary N) is 2. The normalized spacial score (nSPS) is 10.6. The van der Waals surface area contributed by atoms with Gasteiger partial charge in [0.1, 0.15) is 5.03 Å². The third kappa shape index (κ3) is 2.69. The van der Waals surface area contributed by atoms with E-state index in [4.69, 9.17) is 0 Å². The highest BCUT2D eigenvalue weighted by Crippen LogP contribution is 2.27. The molecule has 0 spiro atoms. The molecule has 7 nitrogen and oxygen atoms in total. The average Bonchev–Trinajstić information content (AvgIpc) is 2.38. The Kier molecular flexibility index (Phi) is 3.84. The van der Waals surface area contributed by atoms with Gasteiger partial charge in [-0.3, -0.25) is 19.4 Å². The highest BCUT2D eigenvalue weighted by molar-refractivity contribution is 7.99. The molecular formula is C10H9F2N5O2S. The standard InChI is InChI=1S/C10H9F2N5O2S/c1-13-6-4(11)3-5(12)9(14-6)20-10-15-7(18)8(19)16-17(10)2/h3H,1-2H3,(H,13,14)(H,16,19). The zero-order valence-electron chi connectivity index (χ0n) is 10.4. The molecule has 0 aliphatic heterocycles. The molecule has 0 bridgehead atoms. The molecule has 2 N–H and O–H groups in total. The predicted octanol–water partition coefficient (Wildman–Crippen LogP) is 0.335. The van der Waals surface area contributed by atoms with Crippen molar-refractivity contribution in [2.24, 2.45) is 7.05 Å². The number of pyridine rings is 1. The first-order chi connectivity index (χ1) is 9.42. The zero-order chi connectivity index (χ0) is 14.9. The minimum atomic E-state index is -0.998. The van der Waals surface area contributed by atoms with Crippen LogP contribution in [0.5, 0.6) is 0 Å². The Morgan fingerprint density at radius 2 is 2.00 bits per heavy atom. The minimum absolute atomic E-state index is 0.0228. The van der Waals surface area contributed by atoms with E-state index in [0.29, 0.717) is 17.8 Å². The van der Waals surface area contributed by atoms with Gasteiger partial charge < -0.3 is 5.32 Å². The number of H-pyrrole nitrogens is 1. The number of hydrogen-bond acceptors (Lipinski definition) is 6. The topological polar surface area (TPSA) is 92.7 Å². The van der Waals surface area contributed by atoms with Crippen LogP contribution in [0.15, 0.2) is 25.8 Å². The number of aromatic amines is 1. The lowest BCUT2D eigenvalue weighted by Gasteiger charge is -2.08. The second kappa shape index (κ2) is 5.41. The zero-order valence-corrected chi connectivity index (χ0v) is 11.2. The fourth-order valence-electron chi connectivity index (χ4n) is 1.33. The molecule has 0 saturated carbocycles. The van der Waals surface area contributed by atoms with Crippen LogP contribution in [0.25, 0.3) is 0 Å². The van der Waals surface area contributed by atoms with Crippen molar-refractivity contribution in [1.29, 1.82) is 0 Å². The molecule has 106 valence electrons. The molecule has 2 rings (SSSR count). The summed E-state index contributed by atoms with van der Waals surface area (Å²) in [5.41, 5.74) is -1.89. The first-order valence-electron chi connectivity index (χ1n) is 5.31. The van der Waals surface area contributed by atoms with Crippen LogP contribution in [0.3, 0.4) is 0 Å². The fourth-order valence-corrected chi connectivity index (χ4v) is 2.11. The van der Waals surface area contributed by atoms with Crippen LogP contribution in [0, 0.1) is 11.6 Å². The Balaban J connectivity index is 2.47. The summed E-state index contributed by atoms with van der Waals surface area (Å²) < 4.78 is 28.0. The molecule has 0 fully saturated rings. The molecule has 2 aromatic rings. The van der Waals surface area contributed by atoms with Crippen LogP contribution in [0.2, 0.25) is 0 Å². The van der Waals surface area contributed by atoms with Crippen molar-refractivity contribution in [1.82, 2.24) is 19.7 Å². The van der Waals surface area contributed by atoms with E-state index in [-0.39, 0.29) is 16.0 Å². The summed E-state index contributed by atoms with van der Waals surface area (Å²) in [6, 6.07) is 0.672. The Hall–Kier alpha value is -2.23. The van der Waals surface area contributed by atoms with Crippen molar-refractivity contribution in [3.05, 3.63) is 38.4 Å². The number of aromatic nitrogens is 4. The van der Waals surface area contributed by atoms with E-state index in [0.717, 1.165) is 4.68 Å². The molecular weight excluding hydrogens is 292 g/mol. The van der Waals surface area contributed by atoms with Gasteiger partial charge in [0.25, 0.3) is 0 Å². The number of aryl methyl sites for hydroxylation is 1. The van der Waals surface area contributed by atoms with Gasteiger partial charge in [-0.05, 0) is 11.8 Å². The largest absolute Gasteiger partial charge is 0.371 e. The quantitative estimate of drug-likeness (QED) is 0.794. The lowest BCUT2D eigenvalue weighted by molar-refractivity contribution is 0.549. The average molecular weight is 301 g/mol. The van der Waals surface area contributed by atoms with Crippen LogP contribution in [-0.2, 0) is 7.05 Å². The molecule has 0 aliphatic rings. The third-order valence-corrected chi connectivity index (χ3v) is 3.30. The SMILES string of the molecule is CNc1nc(Sc2nc(=O)c(=O)[nH]n2C)c(F)cc1F. The first kappa shape index (κ1) is 14.2. The molecule has 10 heteroatoms. The summed E-state index contributed by atoms with van der Waals surface area (Å²) in [7, 11) is 2.86. The monoisotopic (exact) mass is 301 g/mol. The number of anilines is 1. The van der Waals surface area contributed by atoms with Gasteiger partial charge >= 0.3 is 11.1 Å². The maximum atomic E-state index is 13.6. The van der Waals surface area contributed by atoms with E-state index in [9.17, 15) is 18.4 Å². The van der Waals surface area contributed by atoms with Crippen LogP contribution in [0.1, 0.15) is 0 Å². The molecule has 2 aromatic heterocycles. The number of hydrogen-bond donors (Lipinski definition) is 2. The van der Waals surface area contributed by atoms with Crippen molar-refractivity contribution in [3.63, 3.8) is 0 Å². The maximum absolute atomic E-state index is 13.6. The van der Waals surface area contributed by atoms with Gasteiger partial charge in [-0.2, -0.15) is 4.98 Å². The molecule has 0 amide bonds. The molecule has 0 aliphatic carbocycles. The number of halogens is 2. The summed E-state index contributed by atoms with van der Waals surface area (Å²) in [4.78, 5) is 29.4. The van der Waals surface area contributed by atoms with E-state index in [1.807, 2.05) is 0 Å². The van der Waals surface area contributed by atoms with E-state index < -0.39 is 22.8 Å². The minimum Gasteiger partial charge on any atom is -0.371 e. The van der Waals surface area contributed by atoms with Crippen molar-refractivity contribution in [2.75, 3.05) is 12.4 Å². The van der Waals surface area contributed by atoms with Crippen LogP contribution in [-0.4, -0.2) is 26.8 Å². The van der Waals surface area contributed by atoms with E-state index in [1.165, 1.54) is 14.1 Å². The van der Waals surface area contributed by atoms with Gasteiger partial charge in [-0.25, -0.2) is 13.8 Å². The van der Waals surface area contributed by atoms with Gasteiger partial charge in [0.2, 0.25) is 0 Å².